The third-order valence-electron chi connectivity index (χ3n) is 6.41. The topological polar surface area (TPSA) is 113 Å². The van der Waals surface area contributed by atoms with E-state index in [4.69, 9.17) is 10.8 Å². The first-order valence-corrected chi connectivity index (χ1v) is 11.5. The van der Waals surface area contributed by atoms with Gasteiger partial charge in [-0.15, -0.1) is 4.59 Å². The first-order valence-electron chi connectivity index (χ1n) is 11.5. The highest BCUT2D eigenvalue weighted by molar-refractivity contribution is 6.05. The number of pyridine rings is 1. The van der Waals surface area contributed by atoms with Crippen molar-refractivity contribution in [1.29, 1.82) is 0 Å². The lowest BCUT2D eigenvalue weighted by Crippen LogP contribution is -2.53. The van der Waals surface area contributed by atoms with E-state index in [1.165, 1.54) is 6.08 Å². The van der Waals surface area contributed by atoms with Crippen molar-refractivity contribution in [2.45, 2.75) is 25.3 Å². The maximum Gasteiger partial charge on any atom is 0.264 e. The molecule has 3 aliphatic rings. The molecule has 1 aromatic heterocycles. The fourth-order valence-corrected chi connectivity index (χ4v) is 4.64. The summed E-state index contributed by atoms with van der Waals surface area (Å²) in [6.07, 6.45) is 10.8. The van der Waals surface area contributed by atoms with Crippen LogP contribution in [-0.2, 0) is 4.79 Å². The van der Waals surface area contributed by atoms with Crippen LogP contribution >= 0.6 is 0 Å². The van der Waals surface area contributed by atoms with Crippen molar-refractivity contribution in [3.8, 4) is 0 Å². The van der Waals surface area contributed by atoms with Gasteiger partial charge < -0.3 is 10.2 Å². The summed E-state index contributed by atoms with van der Waals surface area (Å²) in [5.74, 6) is 7.56. The Bertz CT molecular complexity index is 1290. The minimum absolute atomic E-state index is 0.117. The van der Waals surface area contributed by atoms with Crippen LogP contribution < -0.4 is 11.2 Å². The molecule has 0 saturated carbocycles. The largest absolute Gasteiger partial charge is 0.330 e. The molecule has 1 aromatic carbocycles. The van der Waals surface area contributed by atoms with Gasteiger partial charge in [0.2, 0.25) is 11.6 Å². The van der Waals surface area contributed by atoms with E-state index in [9.17, 15) is 9.59 Å². The number of rotatable bonds is 5. The van der Waals surface area contributed by atoms with E-state index in [-0.39, 0.29) is 22.4 Å². The second-order valence-electron chi connectivity index (χ2n) is 8.55. The molecule has 2 atom stereocenters. The molecule has 1 fully saturated rings. The molecule has 5 rings (SSSR count). The molecule has 0 bridgehead atoms. The Morgan fingerprint density at radius 2 is 2.00 bits per heavy atom. The second-order valence-corrected chi connectivity index (χ2v) is 8.55. The molecule has 2 amide bonds. The van der Waals surface area contributed by atoms with Gasteiger partial charge in [-0.3, -0.25) is 14.6 Å². The van der Waals surface area contributed by atoms with Gasteiger partial charge in [-0.1, -0.05) is 12.6 Å². The lowest BCUT2D eigenvalue weighted by molar-refractivity contribution is -0.750. The van der Waals surface area contributed by atoms with Crippen LogP contribution in [0.25, 0.3) is 0 Å². The average molecular weight is 469 g/mol. The summed E-state index contributed by atoms with van der Waals surface area (Å²) < 4.78 is -0.148. The first-order chi connectivity index (χ1) is 17.0. The molecule has 0 radical (unpaired) electrons. The minimum Gasteiger partial charge on any atom is -0.330 e. The lowest BCUT2D eigenvalue weighted by atomic mass is 9.98. The third kappa shape index (κ3) is 4.11. The Balaban J connectivity index is 1.46. The van der Waals surface area contributed by atoms with E-state index >= 15 is 0 Å². The quantitative estimate of drug-likeness (QED) is 0.399. The number of nitrogens with two attached hydrogens (primary N) is 1. The van der Waals surface area contributed by atoms with E-state index in [1.54, 1.807) is 49.1 Å². The zero-order valence-corrected chi connectivity index (χ0v) is 19.2. The number of carbonyl (C=O) groups excluding carboxylic acids is 2. The number of nitrogens with one attached hydrogen (secondary N) is 1. The molecular weight excluding hydrogens is 442 g/mol. The maximum absolute atomic E-state index is 12.6. The van der Waals surface area contributed by atoms with E-state index in [0.717, 1.165) is 36.2 Å². The SMILES string of the molecule is C=CC(=O)N1CCCCC1C1=C2C=NC=C[N+]2(N)C(c2ccc(C(=O)Nc3ccccn3)cc2)=N1. The van der Waals surface area contributed by atoms with Gasteiger partial charge in [0.25, 0.3) is 11.7 Å². The summed E-state index contributed by atoms with van der Waals surface area (Å²) in [4.78, 5) is 40.4. The van der Waals surface area contributed by atoms with E-state index in [1.807, 2.05) is 23.1 Å². The normalized spacial score (nSPS) is 23.1. The third-order valence-corrected chi connectivity index (χ3v) is 6.41. The lowest BCUT2D eigenvalue weighted by Gasteiger charge is -2.35. The Morgan fingerprint density at radius 3 is 2.74 bits per heavy atom. The molecule has 9 heteroatoms. The van der Waals surface area contributed by atoms with Gasteiger partial charge in [0.15, 0.2) is 0 Å². The van der Waals surface area contributed by atoms with Gasteiger partial charge in [0, 0.05) is 18.3 Å². The Hall–Kier alpha value is -4.21. The summed E-state index contributed by atoms with van der Waals surface area (Å²) in [6, 6.07) is 12.2. The van der Waals surface area contributed by atoms with Crippen LogP contribution in [0.1, 0.15) is 35.2 Å². The highest BCUT2D eigenvalue weighted by Crippen LogP contribution is 2.36. The molecule has 35 heavy (non-hydrogen) atoms. The van der Waals surface area contributed by atoms with Gasteiger partial charge in [0.1, 0.15) is 17.7 Å². The number of hydrogen-bond donors (Lipinski definition) is 2. The number of nitrogens with zero attached hydrogens (tertiary/aromatic N) is 5. The monoisotopic (exact) mass is 468 g/mol. The van der Waals surface area contributed by atoms with Crippen molar-refractivity contribution >= 4 is 29.7 Å². The second kappa shape index (κ2) is 9.21. The highest BCUT2D eigenvalue weighted by atomic mass is 16.2. The van der Waals surface area contributed by atoms with Crippen molar-refractivity contribution in [3.63, 3.8) is 0 Å². The van der Waals surface area contributed by atoms with Crippen molar-refractivity contribution in [3.05, 3.63) is 96.2 Å². The summed E-state index contributed by atoms with van der Waals surface area (Å²) in [7, 11) is 0. The van der Waals surface area contributed by atoms with E-state index < -0.39 is 0 Å². The fraction of sp³-hybridized carbons (Fsp3) is 0.192. The Kier molecular flexibility index (Phi) is 5.94. The van der Waals surface area contributed by atoms with Crippen molar-refractivity contribution in [1.82, 2.24) is 9.88 Å². The molecule has 3 N–H and O–H groups in total. The van der Waals surface area contributed by atoms with Crippen LogP contribution in [0.15, 0.2) is 95.1 Å². The molecule has 2 aromatic rings. The zero-order chi connectivity index (χ0) is 24.4. The number of aliphatic imine (C=N–C) groups is 2. The number of quaternary nitrogens is 1. The van der Waals surface area contributed by atoms with Crippen LogP contribution in [0, 0.1) is 0 Å². The molecule has 1 saturated heterocycles. The molecule has 4 heterocycles. The van der Waals surface area contributed by atoms with Gasteiger partial charge in [-0.05, 0) is 61.7 Å². The fourth-order valence-electron chi connectivity index (χ4n) is 4.64. The predicted molar refractivity (Wildman–Crippen MR) is 134 cm³/mol. The maximum atomic E-state index is 12.6. The van der Waals surface area contributed by atoms with Crippen molar-refractivity contribution in [2.75, 3.05) is 11.9 Å². The molecule has 9 nitrogen and oxygen atoms in total. The summed E-state index contributed by atoms with van der Waals surface area (Å²) in [5.41, 5.74) is 2.73. The van der Waals surface area contributed by atoms with E-state index in [2.05, 4.69) is 21.9 Å². The first kappa shape index (κ1) is 22.6. The van der Waals surface area contributed by atoms with Crippen LogP contribution in [-0.4, -0.2) is 50.9 Å². The summed E-state index contributed by atoms with van der Waals surface area (Å²) >= 11 is 0. The number of fused-ring (bicyclic) bond motifs is 1. The van der Waals surface area contributed by atoms with E-state index in [0.29, 0.717) is 23.8 Å². The number of likely N-dealkylation sites (tertiary alicyclic amines) is 1. The number of piperidine rings is 1. The molecular formula is C26H26N7O2+. The Labute approximate surface area is 203 Å². The molecule has 0 spiro atoms. The smallest absolute Gasteiger partial charge is 0.264 e. The standard InChI is InChI=1S/C26H25N7O2/c1-2-23(34)32-15-6-4-7-20(32)24-21-17-28-14-16-33(21,27)25(31-24)18-9-11-19(12-10-18)26(35)30-22-8-3-5-13-29-22/h2-3,5,8-14,16-17,20H,1,4,6-7,15,27H2/p+1. The number of allylic oxidation sites excluding steroid dienone is 1. The number of amides is 2. The van der Waals surface area contributed by atoms with Crippen LogP contribution in [0.4, 0.5) is 5.82 Å². The number of amidine groups is 1. The zero-order valence-electron chi connectivity index (χ0n) is 19.2. The van der Waals surface area contributed by atoms with Gasteiger partial charge in [0.05, 0.1) is 24.0 Å². The number of anilines is 1. The van der Waals surface area contributed by atoms with Crippen molar-refractivity contribution < 1.29 is 14.2 Å². The van der Waals surface area contributed by atoms with Crippen molar-refractivity contribution in [2.24, 2.45) is 15.8 Å². The highest BCUT2D eigenvalue weighted by Gasteiger charge is 2.47. The summed E-state index contributed by atoms with van der Waals surface area (Å²) in [6.45, 7) is 4.31. The van der Waals surface area contributed by atoms with Crippen LogP contribution in [0.5, 0.6) is 0 Å². The molecule has 0 aliphatic carbocycles. The predicted octanol–water partition coefficient (Wildman–Crippen LogP) is 3.12. The Morgan fingerprint density at radius 1 is 1.17 bits per heavy atom. The molecule has 176 valence electrons. The van der Waals surface area contributed by atoms with Gasteiger partial charge in [-0.2, -0.15) is 10.8 Å². The average Bonchev–Trinajstić information content (AvgIpc) is 3.21. The number of hydrogen-bond acceptors (Lipinski definition) is 6. The number of carbonyl (C=O) groups is 2. The molecule has 2 unspecified atom stereocenters. The van der Waals surface area contributed by atoms with Crippen LogP contribution in [0.3, 0.4) is 0 Å². The summed E-state index contributed by atoms with van der Waals surface area (Å²) in [5, 5.41) is 2.78. The van der Waals surface area contributed by atoms with Crippen LogP contribution in [0.2, 0.25) is 0 Å². The van der Waals surface area contributed by atoms with Gasteiger partial charge in [-0.25, -0.2) is 4.98 Å². The number of aromatic nitrogens is 1. The molecule has 3 aliphatic heterocycles. The number of benzene rings is 1. The minimum atomic E-state index is -0.259. The van der Waals surface area contributed by atoms with Gasteiger partial charge >= 0.3 is 0 Å².